The maximum atomic E-state index is 12.3. The Labute approximate surface area is 127 Å². The van der Waals surface area contributed by atoms with Crippen LogP contribution in [-0.4, -0.2) is 27.7 Å². The van der Waals surface area contributed by atoms with Gasteiger partial charge in [-0.2, -0.15) is 0 Å². The normalized spacial score (nSPS) is 11.0. The van der Waals surface area contributed by atoms with Crippen LogP contribution in [-0.2, 0) is 4.74 Å². The van der Waals surface area contributed by atoms with Crippen molar-refractivity contribution in [1.82, 2.24) is 9.97 Å². The molecular weight excluding hydrogens is 280 g/mol. The highest BCUT2D eigenvalue weighted by Gasteiger charge is 2.25. The zero-order chi connectivity index (χ0) is 15.9. The molecule has 0 saturated heterocycles. The molecule has 0 atom stereocenters. The lowest BCUT2D eigenvalue weighted by Crippen LogP contribution is -2.06. The second kappa shape index (κ2) is 5.26. The van der Waals surface area contributed by atoms with Gasteiger partial charge in [-0.1, -0.05) is 18.2 Å². The molecule has 3 rings (SSSR count). The monoisotopic (exact) mass is 298 g/mol. The second-order valence-corrected chi connectivity index (χ2v) is 5.24. The lowest BCUT2D eigenvalue weighted by atomic mass is 9.99. The summed E-state index contributed by atoms with van der Waals surface area (Å²) in [7, 11) is 0. The van der Waals surface area contributed by atoms with E-state index in [2.05, 4.69) is 9.97 Å². The lowest BCUT2D eigenvalue weighted by Gasteiger charge is -2.06. The molecule has 5 nitrogen and oxygen atoms in total. The van der Waals surface area contributed by atoms with Crippen LogP contribution in [0.15, 0.2) is 24.3 Å². The van der Waals surface area contributed by atoms with Crippen LogP contribution in [0.2, 0.25) is 0 Å². The molecule has 0 aliphatic heterocycles. The van der Waals surface area contributed by atoms with E-state index in [9.17, 15) is 9.90 Å². The van der Waals surface area contributed by atoms with Crippen LogP contribution in [0.3, 0.4) is 0 Å². The van der Waals surface area contributed by atoms with Crippen LogP contribution in [0.1, 0.15) is 28.7 Å². The van der Waals surface area contributed by atoms with Gasteiger partial charge in [-0.3, -0.25) is 0 Å². The van der Waals surface area contributed by atoms with E-state index in [1.54, 1.807) is 6.92 Å². The molecule has 0 radical (unpaired) electrons. The van der Waals surface area contributed by atoms with Crippen LogP contribution in [0.5, 0.6) is 5.88 Å². The first kappa shape index (κ1) is 14.3. The van der Waals surface area contributed by atoms with Crippen molar-refractivity contribution < 1.29 is 14.6 Å². The van der Waals surface area contributed by atoms with Gasteiger partial charge in [0, 0.05) is 27.9 Å². The summed E-state index contributed by atoms with van der Waals surface area (Å²) < 4.78 is 5.16. The first-order valence-electron chi connectivity index (χ1n) is 7.20. The van der Waals surface area contributed by atoms with Crippen molar-refractivity contribution in [2.24, 2.45) is 0 Å². The van der Waals surface area contributed by atoms with Crippen molar-refractivity contribution in [3.63, 3.8) is 0 Å². The number of hydrogen-bond donors (Lipinski definition) is 3. The molecule has 3 N–H and O–H groups in total. The third-order valence-corrected chi connectivity index (χ3v) is 3.79. The topological polar surface area (TPSA) is 78.1 Å². The van der Waals surface area contributed by atoms with Gasteiger partial charge < -0.3 is 19.8 Å². The van der Waals surface area contributed by atoms with Gasteiger partial charge in [0.25, 0.3) is 0 Å². The SMILES string of the molecule is CCOC(=O)c1c(C)[nH]c(C)c1-c1c(O)[nH]c2ccccc12. The molecule has 22 heavy (non-hydrogen) atoms. The van der Waals surface area contributed by atoms with Crippen molar-refractivity contribution in [2.75, 3.05) is 6.61 Å². The quantitative estimate of drug-likeness (QED) is 0.646. The number of hydrogen-bond acceptors (Lipinski definition) is 3. The summed E-state index contributed by atoms with van der Waals surface area (Å²) in [5, 5.41) is 11.2. The Bertz CT molecular complexity index is 858. The Morgan fingerprint density at radius 1 is 1.14 bits per heavy atom. The number of aryl methyl sites for hydroxylation is 2. The first-order chi connectivity index (χ1) is 10.5. The smallest absolute Gasteiger partial charge is 0.340 e. The highest BCUT2D eigenvalue weighted by Crippen LogP contribution is 2.41. The fourth-order valence-electron chi connectivity index (χ4n) is 2.93. The van der Waals surface area contributed by atoms with E-state index in [0.717, 1.165) is 22.3 Å². The molecule has 2 heterocycles. The second-order valence-electron chi connectivity index (χ2n) is 5.24. The molecule has 5 heteroatoms. The van der Waals surface area contributed by atoms with E-state index in [4.69, 9.17) is 4.74 Å². The Morgan fingerprint density at radius 3 is 2.59 bits per heavy atom. The zero-order valence-electron chi connectivity index (χ0n) is 12.8. The zero-order valence-corrected chi connectivity index (χ0v) is 12.8. The van der Waals surface area contributed by atoms with E-state index in [-0.39, 0.29) is 11.8 Å². The van der Waals surface area contributed by atoms with Crippen LogP contribution < -0.4 is 0 Å². The van der Waals surface area contributed by atoms with E-state index in [0.29, 0.717) is 23.3 Å². The van der Waals surface area contributed by atoms with Crippen LogP contribution in [0, 0.1) is 13.8 Å². The van der Waals surface area contributed by atoms with Gasteiger partial charge in [-0.05, 0) is 26.8 Å². The summed E-state index contributed by atoms with van der Waals surface area (Å²) in [6.45, 7) is 5.79. The third-order valence-electron chi connectivity index (χ3n) is 3.79. The summed E-state index contributed by atoms with van der Waals surface area (Å²) in [5.74, 6) is -0.335. The molecule has 3 aromatic rings. The van der Waals surface area contributed by atoms with Crippen molar-refractivity contribution in [2.45, 2.75) is 20.8 Å². The summed E-state index contributed by atoms with van der Waals surface area (Å²) in [4.78, 5) is 18.4. The largest absolute Gasteiger partial charge is 0.494 e. The Balaban J connectivity index is 2.31. The van der Waals surface area contributed by atoms with Crippen LogP contribution in [0.4, 0.5) is 0 Å². The number of rotatable bonds is 3. The summed E-state index contributed by atoms with van der Waals surface area (Å²) in [5.41, 5.74) is 4.16. The maximum Gasteiger partial charge on any atom is 0.340 e. The van der Waals surface area contributed by atoms with Crippen LogP contribution in [0.25, 0.3) is 22.0 Å². The lowest BCUT2D eigenvalue weighted by molar-refractivity contribution is 0.0526. The number of benzene rings is 1. The van der Waals surface area contributed by atoms with Crippen molar-refractivity contribution in [3.05, 3.63) is 41.2 Å². The fourth-order valence-corrected chi connectivity index (χ4v) is 2.93. The van der Waals surface area contributed by atoms with E-state index in [1.807, 2.05) is 38.1 Å². The number of aromatic hydroxyl groups is 1. The Kier molecular flexibility index (Phi) is 3.41. The summed E-state index contributed by atoms with van der Waals surface area (Å²) >= 11 is 0. The number of para-hydroxylation sites is 1. The number of H-pyrrole nitrogens is 2. The number of carbonyl (C=O) groups excluding carboxylic acids is 1. The van der Waals surface area contributed by atoms with Gasteiger partial charge in [0.05, 0.1) is 17.7 Å². The third kappa shape index (κ3) is 2.06. The minimum atomic E-state index is -0.385. The molecular formula is C17H18N2O3. The molecule has 1 aromatic carbocycles. The summed E-state index contributed by atoms with van der Waals surface area (Å²) in [6, 6.07) is 7.59. The van der Waals surface area contributed by atoms with Gasteiger partial charge in [0.1, 0.15) is 0 Å². The van der Waals surface area contributed by atoms with Gasteiger partial charge in [-0.25, -0.2) is 4.79 Å². The molecule has 0 unspecified atom stereocenters. The molecule has 0 bridgehead atoms. The number of aromatic amines is 2. The number of esters is 1. The average Bonchev–Trinajstić information content (AvgIpc) is 2.94. The minimum absolute atomic E-state index is 0.0499. The van der Waals surface area contributed by atoms with Crippen LogP contribution >= 0.6 is 0 Å². The summed E-state index contributed by atoms with van der Waals surface area (Å²) in [6.07, 6.45) is 0. The van der Waals surface area contributed by atoms with Gasteiger partial charge in [0.2, 0.25) is 0 Å². The number of carbonyl (C=O) groups is 1. The van der Waals surface area contributed by atoms with E-state index < -0.39 is 0 Å². The average molecular weight is 298 g/mol. The van der Waals surface area contributed by atoms with Gasteiger partial charge in [0.15, 0.2) is 5.88 Å². The van der Waals surface area contributed by atoms with Crippen molar-refractivity contribution in [3.8, 4) is 17.0 Å². The van der Waals surface area contributed by atoms with E-state index >= 15 is 0 Å². The fraction of sp³-hybridized carbons (Fsp3) is 0.235. The highest BCUT2D eigenvalue weighted by atomic mass is 16.5. The number of aromatic nitrogens is 2. The van der Waals surface area contributed by atoms with Crippen molar-refractivity contribution >= 4 is 16.9 Å². The van der Waals surface area contributed by atoms with Gasteiger partial charge in [-0.15, -0.1) is 0 Å². The molecule has 114 valence electrons. The molecule has 0 spiro atoms. The molecule has 0 saturated carbocycles. The van der Waals surface area contributed by atoms with Crippen molar-refractivity contribution in [1.29, 1.82) is 0 Å². The molecule has 0 fully saturated rings. The Hall–Kier alpha value is -2.69. The standard InChI is InChI=1S/C17H18N2O3/c1-4-22-17(21)14-10(3)18-9(2)13(14)15-11-7-5-6-8-12(11)19-16(15)20/h5-8,18-20H,4H2,1-3H3. The predicted octanol–water partition coefficient (Wildman–Crippen LogP) is 3.66. The number of nitrogens with one attached hydrogen (secondary N) is 2. The van der Waals surface area contributed by atoms with Gasteiger partial charge >= 0.3 is 5.97 Å². The predicted molar refractivity (Wildman–Crippen MR) is 85.2 cm³/mol. The molecule has 0 aliphatic carbocycles. The highest BCUT2D eigenvalue weighted by molar-refractivity contribution is 6.07. The first-order valence-corrected chi connectivity index (χ1v) is 7.20. The van der Waals surface area contributed by atoms with E-state index in [1.165, 1.54) is 0 Å². The molecule has 0 amide bonds. The maximum absolute atomic E-state index is 12.3. The minimum Gasteiger partial charge on any atom is -0.494 e. The molecule has 2 aromatic heterocycles. The number of ether oxygens (including phenoxy) is 1. The number of fused-ring (bicyclic) bond motifs is 1. The molecule has 0 aliphatic rings. The Morgan fingerprint density at radius 2 is 1.86 bits per heavy atom.